The Morgan fingerprint density at radius 2 is 2.27 bits per heavy atom. The first-order valence-electron chi connectivity index (χ1n) is 4.02. The number of allylic oxidation sites excluding steroid dienone is 1. The van der Waals surface area contributed by atoms with Crippen molar-refractivity contribution >= 4 is 13.7 Å². The first kappa shape index (κ1) is 11.7. The summed E-state index contributed by atoms with van der Waals surface area (Å²) in [5.74, 6) is 0. The molecule has 5 nitrogen and oxygen atoms in total. The molecular formula is C9H10NO4P. The Balaban J connectivity index is 3.10. The van der Waals surface area contributed by atoms with Gasteiger partial charge in [-0.2, -0.15) is 5.26 Å². The molecule has 0 aliphatic carbocycles. The molecule has 0 unspecified atom stereocenters. The molecule has 0 saturated carbocycles. The molecule has 0 bridgehead atoms. The van der Waals surface area contributed by atoms with Crippen molar-refractivity contribution in [1.82, 2.24) is 0 Å². The van der Waals surface area contributed by atoms with Crippen molar-refractivity contribution < 1.29 is 18.0 Å². The highest BCUT2D eigenvalue weighted by molar-refractivity contribution is 7.59. The maximum absolute atomic E-state index is 11.8. The lowest BCUT2D eigenvalue weighted by Crippen LogP contribution is -1.90. The molecule has 0 spiro atoms. The summed E-state index contributed by atoms with van der Waals surface area (Å²) in [4.78, 5) is 0. The predicted molar refractivity (Wildman–Crippen MR) is 53.9 cm³/mol. The van der Waals surface area contributed by atoms with E-state index in [0.717, 1.165) is 0 Å². The SMILES string of the molecule is COP(=O)(OC)C(C#N)=Cc1ccoc1. The summed E-state index contributed by atoms with van der Waals surface area (Å²) in [7, 11) is -1.02. The molecule has 0 N–H and O–H groups in total. The molecule has 80 valence electrons. The molecule has 0 aliphatic heterocycles. The average molecular weight is 227 g/mol. The van der Waals surface area contributed by atoms with Crippen LogP contribution in [0.25, 0.3) is 6.08 Å². The molecule has 6 heteroatoms. The van der Waals surface area contributed by atoms with E-state index in [1.807, 2.05) is 0 Å². The molecule has 0 saturated heterocycles. The fourth-order valence-electron chi connectivity index (χ4n) is 0.959. The van der Waals surface area contributed by atoms with Gasteiger partial charge < -0.3 is 13.5 Å². The van der Waals surface area contributed by atoms with Gasteiger partial charge >= 0.3 is 7.60 Å². The largest absolute Gasteiger partial charge is 0.472 e. The maximum Gasteiger partial charge on any atom is 0.371 e. The van der Waals surface area contributed by atoms with Crippen LogP contribution in [0.4, 0.5) is 0 Å². The van der Waals surface area contributed by atoms with Crippen LogP contribution in [0.15, 0.2) is 28.3 Å². The summed E-state index contributed by atoms with van der Waals surface area (Å²) in [5, 5.41) is 8.78. The summed E-state index contributed by atoms with van der Waals surface area (Å²) in [6, 6.07) is 3.42. The molecular weight excluding hydrogens is 217 g/mol. The van der Waals surface area contributed by atoms with Gasteiger partial charge in [0, 0.05) is 19.8 Å². The highest BCUT2D eigenvalue weighted by Gasteiger charge is 2.27. The van der Waals surface area contributed by atoms with Crippen LogP contribution in [0.3, 0.4) is 0 Å². The predicted octanol–water partition coefficient (Wildman–Crippen LogP) is 2.63. The van der Waals surface area contributed by atoms with Gasteiger partial charge in [0.05, 0.1) is 12.5 Å². The molecule has 0 amide bonds. The van der Waals surface area contributed by atoms with Crippen LogP contribution in [0.2, 0.25) is 0 Å². The van der Waals surface area contributed by atoms with Crippen LogP contribution in [0.5, 0.6) is 0 Å². The highest BCUT2D eigenvalue weighted by Crippen LogP contribution is 2.54. The standard InChI is InChI=1S/C9H10NO4P/c1-12-15(11,13-2)9(6-10)5-8-3-4-14-7-8/h3-5,7H,1-2H3. The lowest BCUT2D eigenvalue weighted by Gasteiger charge is -2.11. The lowest BCUT2D eigenvalue weighted by molar-refractivity contribution is 0.284. The first-order valence-corrected chi connectivity index (χ1v) is 5.56. The second-order valence-electron chi connectivity index (χ2n) is 2.56. The van der Waals surface area contributed by atoms with Crippen LogP contribution in [-0.2, 0) is 13.6 Å². The minimum Gasteiger partial charge on any atom is -0.472 e. The fourth-order valence-corrected chi connectivity index (χ4v) is 1.93. The van der Waals surface area contributed by atoms with Crippen LogP contribution in [0.1, 0.15) is 5.56 Å². The Morgan fingerprint density at radius 3 is 2.67 bits per heavy atom. The monoisotopic (exact) mass is 227 g/mol. The van der Waals surface area contributed by atoms with E-state index >= 15 is 0 Å². The molecule has 0 atom stereocenters. The number of nitrogens with zero attached hydrogens (tertiary/aromatic N) is 1. The van der Waals surface area contributed by atoms with Gasteiger partial charge in [-0.15, -0.1) is 0 Å². The Hall–Kier alpha value is -1.34. The average Bonchev–Trinajstić information content (AvgIpc) is 2.77. The number of rotatable bonds is 4. The Morgan fingerprint density at radius 1 is 1.60 bits per heavy atom. The third kappa shape index (κ3) is 2.57. The van der Waals surface area contributed by atoms with E-state index in [9.17, 15) is 4.57 Å². The minimum absolute atomic E-state index is 0.0612. The molecule has 0 radical (unpaired) electrons. The van der Waals surface area contributed by atoms with Crippen molar-refractivity contribution in [2.45, 2.75) is 0 Å². The van der Waals surface area contributed by atoms with Gasteiger partial charge in [0.1, 0.15) is 11.4 Å². The van der Waals surface area contributed by atoms with Gasteiger partial charge in [0.25, 0.3) is 0 Å². The second kappa shape index (κ2) is 4.94. The fraction of sp³-hybridized carbons (Fsp3) is 0.222. The molecule has 15 heavy (non-hydrogen) atoms. The van der Waals surface area contributed by atoms with Crippen molar-refractivity contribution in [2.24, 2.45) is 0 Å². The number of hydrogen-bond acceptors (Lipinski definition) is 5. The zero-order valence-electron chi connectivity index (χ0n) is 8.34. The van der Waals surface area contributed by atoms with E-state index in [1.54, 1.807) is 12.1 Å². The molecule has 0 aromatic carbocycles. The van der Waals surface area contributed by atoms with Crippen LogP contribution in [0, 0.1) is 11.3 Å². The number of hydrogen-bond donors (Lipinski definition) is 0. The van der Waals surface area contributed by atoms with Gasteiger partial charge in [-0.3, -0.25) is 4.57 Å². The third-order valence-corrected chi connectivity index (χ3v) is 3.52. The number of nitriles is 1. The van der Waals surface area contributed by atoms with Crippen molar-refractivity contribution in [3.63, 3.8) is 0 Å². The summed E-state index contributed by atoms with van der Waals surface area (Å²) in [5.41, 5.74) is 0.626. The van der Waals surface area contributed by atoms with E-state index in [0.29, 0.717) is 5.56 Å². The first-order chi connectivity index (χ1) is 7.16. The molecule has 1 rings (SSSR count). The summed E-state index contributed by atoms with van der Waals surface area (Å²) >= 11 is 0. The van der Waals surface area contributed by atoms with Crippen molar-refractivity contribution in [1.29, 1.82) is 5.26 Å². The van der Waals surface area contributed by atoms with Gasteiger partial charge in [0.15, 0.2) is 0 Å². The topological polar surface area (TPSA) is 72.5 Å². The third-order valence-electron chi connectivity index (χ3n) is 1.74. The molecule has 1 aromatic rings. The summed E-state index contributed by atoms with van der Waals surface area (Å²) < 4.78 is 26.1. The Bertz CT molecular complexity index is 421. The molecule has 0 fully saturated rings. The minimum atomic E-state index is -3.47. The van der Waals surface area contributed by atoms with Gasteiger partial charge in [0.2, 0.25) is 0 Å². The van der Waals surface area contributed by atoms with Crippen molar-refractivity contribution in [3.8, 4) is 6.07 Å². The van der Waals surface area contributed by atoms with Crippen LogP contribution >= 0.6 is 7.60 Å². The number of furan rings is 1. The van der Waals surface area contributed by atoms with Crippen molar-refractivity contribution in [3.05, 3.63) is 29.5 Å². The maximum atomic E-state index is 11.8. The Kier molecular flexibility index (Phi) is 3.87. The van der Waals surface area contributed by atoms with Crippen LogP contribution < -0.4 is 0 Å². The zero-order valence-corrected chi connectivity index (χ0v) is 9.23. The highest BCUT2D eigenvalue weighted by atomic mass is 31.2. The lowest BCUT2D eigenvalue weighted by atomic mass is 10.3. The molecule has 1 aromatic heterocycles. The van der Waals surface area contributed by atoms with Crippen LogP contribution in [-0.4, -0.2) is 14.2 Å². The second-order valence-corrected chi connectivity index (χ2v) is 4.77. The van der Waals surface area contributed by atoms with E-state index in [1.165, 1.54) is 32.8 Å². The normalized spacial score (nSPS) is 12.5. The zero-order chi connectivity index (χ0) is 11.3. The Labute approximate surface area is 87.4 Å². The van der Waals surface area contributed by atoms with E-state index < -0.39 is 7.60 Å². The van der Waals surface area contributed by atoms with Gasteiger partial charge in [-0.1, -0.05) is 0 Å². The van der Waals surface area contributed by atoms with E-state index in [2.05, 4.69) is 0 Å². The van der Waals surface area contributed by atoms with Gasteiger partial charge in [-0.05, 0) is 12.1 Å². The van der Waals surface area contributed by atoms with E-state index in [-0.39, 0.29) is 5.31 Å². The molecule has 0 aliphatic rings. The van der Waals surface area contributed by atoms with Gasteiger partial charge in [-0.25, -0.2) is 0 Å². The molecule has 1 heterocycles. The quantitative estimate of drug-likeness (QED) is 0.583. The van der Waals surface area contributed by atoms with Crippen molar-refractivity contribution in [2.75, 3.05) is 14.2 Å². The summed E-state index contributed by atoms with van der Waals surface area (Å²) in [6.45, 7) is 0. The van der Waals surface area contributed by atoms with E-state index in [4.69, 9.17) is 18.7 Å². The summed E-state index contributed by atoms with van der Waals surface area (Å²) in [6.07, 6.45) is 4.27. The smallest absolute Gasteiger partial charge is 0.371 e.